The van der Waals surface area contributed by atoms with Crippen molar-refractivity contribution in [3.63, 3.8) is 0 Å². The summed E-state index contributed by atoms with van der Waals surface area (Å²) in [7, 11) is -9.62. The van der Waals surface area contributed by atoms with Gasteiger partial charge in [0.05, 0.1) is 23.4 Å². The molecule has 0 saturated carbocycles. The molecule has 190 valence electrons. The minimum atomic E-state index is -5.74. The largest absolute Gasteiger partial charge is 0.534 e. The fourth-order valence-electron chi connectivity index (χ4n) is 3.89. The van der Waals surface area contributed by atoms with Crippen molar-refractivity contribution >= 4 is 26.8 Å². The Morgan fingerprint density at radius 2 is 1.69 bits per heavy atom. The maximum absolute atomic E-state index is 12.6. The van der Waals surface area contributed by atoms with Crippen LogP contribution in [0.5, 0.6) is 0 Å². The van der Waals surface area contributed by atoms with Crippen LogP contribution in [0.3, 0.4) is 0 Å². The Bertz CT molecular complexity index is 772. The third-order valence-corrected chi connectivity index (χ3v) is 8.18. The second-order valence-electron chi connectivity index (χ2n) is 11.1. The molecular weight excluding hydrogens is 481 g/mol. The summed E-state index contributed by atoms with van der Waals surface area (Å²) in [6, 6.07) is 0. The fourth-order valence-corrected chi connectivity index (χ4v) is 7.31. The first-order chi connectivity index (χ1) is 14.0. The molecule has 1 rings (SSSR count). The molecule has 0 aliphatic carbocycles. The van der Waals surface area contributed by atoms with Gasteiger partial charge < -0.3 is 17.8 Å². The number of rotatable bonds is 11. The maximum Gasteiger partial charge on any atom is 0.534 e. The summed E-state index contributed by atoms with van der Waals surface area (Å²) < 4.78 is 83.6. The van der Waals surface area contributed by atoms with Gasteiger partial charge in [0.1, 0.15) is 5.76 Å². The van der Waals surface area contributed by atoms with E-state index >= 15 is 0 Å². The molecule has 1 aliphatic heterocycles. The Morgan fingerprint density at radius 3 is 2.12 bits per heavy atom. The highest BCUT2D eigenvalue weighted by atomic mass is 32.2. The molecule has 6 nitrogen and oxygen atoms in total. The van der Waals surface area contributed by atoms with Crippen LogP contribution in [0.25, 0.3) is 0 Å². The monoisotopic (exact) mass is 520 g/mol. The molecule has 0 unspecified atom stereocenters. The topological polar surface area (TPSA) is 71.1 Å². The van der Waals surface area contributed by atoms with Gasteiger partial charge in [-0.15, -0.1) is 0 Å². The Morgan fingerprint density at radius 1 is 1.16 bits per heavy atom. The van der Waals surface area contributed by atoms with Crippen LogP contribution in [0.15, 0.2) is 12.3 Å². The number of alkyl halides is 3. The lowest BCUT2D eigenvalue weighted by atomic mass is 9.91. The number of ether oxygens (including phenoxy) is 1. The molecular formula is C20H39F3O6SSi2. The Labute approximate surface area is 193 Å². The highest BCUT2D eigenvalue weighted by molar-refractivity contribution is 7.87. The summed E-state index contributed by atoms with van der Waals surface area (Å²) in [4.78, 5) is 0. The van der Waals surface area contributed by atoms with Gasteiger partial charge in [0.15, 0.2) is 16.6 Å². The van der Waals surface area contributed by atoms with Crippen LogP contribution in [-0.2, 0) is 27.9 Å². The molecule has 3 atom stereocenters. The molecule has 12 heteroatoms. The number of halogens is 3. The van der Waals surface area contributed by atoms with Crippen molar-refractivity contribution < 1.29 is 39.4 Å². The Kier molecular flexibility index (Phi) is 8.97. The molecule has 1 saturated heterocycles. The molecule has 32 heavy (non-hydrogen) atoms. The quantitative estimate of drug-likeness (QED) is 0.145. The summed E-state index contributed by atoms with van der Waals surface area (Å²) in [5, 5.41) is 0. The van der Waals surface area contributed by atoms with Crippen molar-refractivity contribution in [1.82, 2.24) is 0 Å². The van der Waals surface area contributed by atoms with Gasteiger partial charge in [-0.25, -0.2) is 0 Å². The standard InChI is InChI=1S/C20H39F3O6SSi2/c1-15(27-30(24,25)20(21,22)23)11-12-17(28-31(5,6)7)19(4)14-13-16(26-19)18(2,3)29-32(8,9)10/h16-17H,1,11-14H2,2-10H3/t16-,17+,19-/m1/s1. The highest BCUT2D eigenvalue weighted by Gasteiger charge is 2.51. The van der Waals surface area contributed by atoms with Crippen LogP contribution in [0.2, 0.25) is 39.3 Å². The van der Waals surface area contributed by atoms with Gasteiger partial charge in [0.2, 0.25) is 0 Å². The molecule has 0 aromatic heterocycles. The van der Waals surface area contributed by atoms with Crippen LogP contribution in [0.1, 0.15) is 46.5 Å². The lowest BCUT2D eigenvalue weighted by Gasteiger charge is -2.41. The molecule has 0 aromatic carbocycles. The predicted molar refractivity (Wildman–Crippen MR) is 124 cm³/mol. The van der Waals surface area contributed by atoms with Crippen LogP contribution in [-0.4, -0.2) is 54.0 Å². The average Bonchev–Trinajstić information content (AvgIpc) is 2.91. The summed E-state index contributed by atoms with van der Waals surface area (Å²) in [6.45, 7) is 21.7. The van der Waals surface area contributed by atoms with Crippen LogP contribution >= 0.6 is 0 Å². The second kappa shape index (κ2) is 9.69. The van der Waals surface area contributed by atoms with Crippen molar-refractivity contribution in [2.75, 3.05) is 0 Å². The van der Waals surface area contributed by atoms with Crippen LogP contribution in [0, 0.1) is 0 Å². The van der Waals surface area contributed by atoms with E-state index in [0.29, 0.717) is 6.42 Å². The molecule has 0 N–H and O–H groups in total. The van der Waals surface area contributed by atoms with Gasteiger partial charge in [-0.05, 0) is 79.3 Å². The SMILES string of the molecule is C=C(CC[C@H](O[Si](C)(C)C)[C@@]1(C)CC[C@H](C(C)(C)O[Si](C)(C)C)O1)OS(=O)(=O)C(F)(F)F. The van der Waals surface area contributed by atoms with Crippen molar-refractivity contribution in [3.05, 3.63) is 12.3 Å². The smallest absolute Gasteiger partial charge is 0.412 e. The number of allylic oxidation sites excluding steroid dienone is 1. The highest BCUT2D eigenvalue weighted by Crippen LogP contribution is 2.42. The summed E-state index contributed by atoms with van der Waals surface area (Å²) in [6.07, 6.45) is 0.907. The normalized spacial score (nSPS) is 24.4. The molecule has 0 spiro atoms. The Balaban J connectivity index is 2.97. The van der Waals surface area contributed by atoms with E-state index in [2.05, 4.69) is 30.4 Å². The molecule has 0 bridgehead atoms. The minimum absolute atomic E-state index is 0.108. The van der Waals surface area contributed by atoms with Gasteiger partial charge in [0, 0.05) is 6.42 Å². The van der Waals surface area contributed by atoms with Gasteiger partial charge in [-0.3, -0.25) is 0 Å². The molecule has 0 radical (unpaired) electrons. The van der Waals surface area contributed by atoms with Crippen molar-refractivity contribution in [2.24, 2.45) is 0 Å². The first-order valence-corrected chi connectivity index (χ1v) is 18.9. The number of hydrogen-bond acceptors (Lipinski definition) is 6. The first kappa shape index (κ1) is 29.6. The fraction of sp³-hybridized carbons (Fsp3) is 0.900. The van der Waals surface area contributed by atoms with Gasteiger partial charge >= 0.3 is 15.6 Å². The van der Waals surface area contributed by atoms with Gasteiger partial charge in [-0.2, -0.15) is 21.6 Å². The minimum Gasteiger partial charge on any atom is -0.412 e. The summed E-state index contributed by atoms with van der Waals surface area (Å²) >= 11 is 0. The van der Waals surface area contributed by atoms with E-state index in [9.17, 15) is 21.6 Å². The molecule has 1 aliphatic rings. The van der Waals surface area contributed by atoms with E-state index in [4.69, 9.17) is 13.6 Å². The third kappa shape index (κ3) is 8.75. The lowest BCUT2D eigenvalue weighted by molar-refractivity contribution is -0.145. The predicted octanol–water partition coefficient (Wildman–Crippen LogP) is 5.93. The van der Waals surface area contributed by atoms with E-state index in [-0.39, 0.29) is 18.9 Å². The zero-order valence-corrected chi connectivity index (χ0v) is 23.5. The molecule has 0 aromatic rings. The van der Waals surface area contributed by atoms with Crippen LogP contribution in [0.4, 0.5) is 13.2 Å². The van der Waals surface area contributed by atoms with Crippen LogP contribution < -0.4 is 0 Å². The van der Waals surface area contributed by atoms with Crippen molar-refractivity contribution in [3.8, 4) is 0 Å². The lowest BCUT2D eigenvalue weighted by Crippen LogP contribution is -2.50. The Hall–Kier alpha value is -0.406. The molecule has 1 fully saturated rings. The maximum atomic E-state index is 12.6. The molecule has 1 heterocycles. The zero-order valence-electron chi connectivity index (χ0n) is 20.7. The average molecular weight is 521 g/mol. The summed E-state index contributed by atoms with van der Waals surface area (Å²) in [5.41, 5.74) is -6.70. The van der Waals surface area contributed by atoms with Crippen molar-refractivity contribution in [2.45, 2.75) is 115 Å². The number of hydrogen-bond donors (Lipinski definition) is 0. The van der Waals surface area contributed by atoms with E-state index < -0.39 is 55.3 Å². The van der Waals surface area contributed by atoms with Crippen molar-refractivity contribution in [1.29, 1.82) is 0 Å². The summed E-state index contributed by atoms with van der Waals surface area (Å²) in [5.74, 6) is -0.480. The van der Waals surface area contributed by atoms with E-state index in [0.717, 1.165) is 6.42 Å². The third-order valence-electron chi connectivity index (χ3n) is 5.03. The van der Waals surface area contributed by atoms with E-state index in [1.165, 1.54) is 0 Å². The van der Waals surface area contributed by atoms with Gasteiger partial charge in [0.25, 0.3) is 0 Å². The molecule has 0 amide bonds. The second-order valence-corrected chi connectivity index (χ2v) is 21.5. The van der Waals surface area contributed by atoms with E-state index in [1.807, 2.05) is 40.4 Å². The van der Waals surface area contributed by atoms with E-state index in [1.54, 1.807) is 0 Å². The van der Waals surface area contributed by atoms with Gasteiger partial charge in [-0.1, -0.05) is 6.58 Å². The first-order valence-electron chi connectivity index (χ1n) is 10.7. The zero-order chi connectivity index (χ0) is 25.4.